The summed E-state index contributed by atoms with van der Waals surface area (Å²) in [5, 5.41) is 0.554. The van der Waals surface area contributed by atoms with E-state index in [4.69, 9.17) is 16.3 Å². The summed E-state index contributed by atoms with van der Waals surface area (Å²) in [4.78, 5) is 0. The minimum atomic E-state index is -0.652. The molecule has 0 aromatic heterocycles. The van der Waals surface area contributed by atoms with E-state index < -0.39 is 11.6 Å². The molecule has 0 heterocycles. The third-order valence-corrected chi connectivity index (χ3v) is 5.29. The molecular formula is C24H18ClF3O. The van der Waals surface area contributed by atoms with Crippen LogP contribution in [0, 0.1) is 17.5 Å². The average Bonchev–Trinajstić information content (AvgIpc) is 3.18. The predicted octanol–water partition coefficient (Wildman–Crippen LogP) is 7.43. The SMILES string of the molecule is Fc1cccc(C2=C(c3cc(Cl)ccc3OCc3ccc(F)cc3F)CCC2)c1. The lowest BCUT2D eigenvalue weighted by molar-refractivity contribution is 0.298. The summed E-state index contributed by atoms with van der Waals surface area (Å²) in [6.45, 7) is -0.0384. The van der Waals surface area contributed by atoms with Crippen LogP contribution < -0.4 is 4.74 Å². The smallest absolute Gasteiger partial charge is 0.132 e. The first-order chi connectivity index (χ1) is 14.0. The van der Waals surface area contributed by atoms with E-state index in [1.165, 1.54) is 24.3 Å². The van der Waals surface area contributed by atoms with Crippen molar-refractivity contribution in [2.45, 2.75) is 25.9 Å². The van der Waals surface area contributed by atoms with Gasteiger partial charge in [0.2, 0.25) is 0 Å². The highest BCUT2D eigenvalue weighted by molar-refractivity contribution is 6.30. The Hall–Kier alpha value is -2.72. The maximum Gasteiger partial charge on any atom is 0.132 e. The summed E-state index contributed by atoms with van der Waals surface area (Å²) in [5.41, 5.74) is 4.03. The van der Waals surface area contributed by atoms with Crippen molar-refractivity contribution in [2.24, 2.45) is 0 Å². The van der Waals surface area contributed by atoms with Gasteiger partial charge in [-0.1, -0.05) is 23.7 Å². The van der Waals surface area contributed by atoms with Crippen molar-refractivity contribution >= 4 is 22.7 Å². The van der Waals surface area contributed by atoms with Crippen molar-refractivity contribution in [3.05, 3.63) is 99.8 Å². The molecule has 3 aromatic rings. The van der Waals surface area contributed by atoms with Crippen molar-refractivity contribution in [1.82, 2.24) is 0 Å². The molecule has 3 aromatic carbocycles. The minimum absolute atomic E-state index is 0.0384. The predicted molar refractivity (Wildman–Crippen MR) is 109 cm³/mol. The number of ether oxygens (including phenoxy) is 1. The van der Waals surface area contributed by atoms with E-state index >= 15 is 0 Å². The standard InChI is InChI=1S/C24H18ClF3O/c25-17-8-10-24(29-14-16-7-9-19(27)13-23(16)28)22(12-17)21-6-2-5-20(21)15-3-1-4-18(26)11-15/h1,3-4,7-13H,2,5-6,14H2. The number of allylic oxidation sites excluding steroid dienone is 2. The first-order valence-corrected chi connectivity index (χ1v) is 9.73. The summed E-state index contributed by atoms with van der Waals surface area (Å²) in [5.74, 6) is -1.00. The monoisotopic (exact) mass is 414 g/mol. The van der Waals surface area contributed by atoms with Gasteiger partial charge in [-0.3, -0.25) is 0 Å². The number of hydrogen-bond donors (Lipinski definition) is 0. The molecule has 5 heteroatoms. The molecule has 0 fully saturated rings. The fraction of sp³-hybridized carbons (Fsp3) is 0.167. The second-order valence-corrected chi connectivity index (χ2v) is 7.42. The fourth-order valence-electron chi connectivity index (χ4n) is 3.69. The van der Waals surface area contributed by atoms with Crippen molar-refractivity contribution in [2.75, 3.05) is 0 Å². The Morgan fingerprint density at radius 2 is 1.62 bits per heavy atom. The highest BCUT2D eigenvalue weighted by atomic mass is 35.5. The number of halogens is 4. The van der Waals surface area contributed by atoms with Crippen LogP contribution in [0.5, 0.6) is 5.75 Å². The lowest BCUT2D eigenvalue weighted by Gasteiger charge is -2.15. The number of hydrogen-bond acceptors (Lipinski definition) is 1. The van der Waals surface area contributed by atoms with E-state index in [-0.39, 0.29) is 18.0 Å². The average molecular weight is 415 g/mol. The van der Waals surface area contributed by atoms with Gasteiger partial charge in [-0.2, -0.15) is 0 Å². The number of benzene rings is 3. The number of rotatable bonds is 5. The molecule has 4 rings (SSSR count). The molecule has 0 atom stereocenters. The van der Waals surface area contributed by atoms with Crippen LogP contribution in [0.1, 0.15) is 36.0 Å². The molecule has 1 nitrogen and oxygen atoms in total. The van der Waals surface area contributed by atoms with Gasteiger partial charge in [0.05, 0.1) is 0 Å². The molecule has 0 amide bonds. The Bertz CT molecular complexity index is 1090. The first kappa shape index (κ1) is 19.6. The van der Waals surface area contributed by atoms with Gasteiger partial charge in [-0.15, -0.1) is 0 Å². The molecule has 0 unspecified atom stereocenters. The van der Waals surface area contributed by atoms with Crippen LogP contribution in [-0.2, 0) is 6.61 Å². The van der Waals surface area contributed by atoms with E-state index in [2.05, 4.69) is 0 Å². The minimum Gasteiger partial charge on any atom is -0.488 e. The zero-order valence-corrected chi connectivity index (χ0v) is 16.3. The topological polar surface area (TPSA) is 9.23 Å². The van der Waals surface area contributed by atoms with Gasteiger partial charge in [0.15, 0.2) is 0 Å². The normalized spacial score (nSPS) is 13.8. The van der Waals surface area contributed by atoms with Gasteiger partial charge in [0.1, 0.15) is 29.8 Å². The Morgan fingerprint density at radius 1 is 0.828 bits per heavy atom. The highest BCUT2D eigenvalue weighted by Crippen LogP contribution is 2.43. The van der Waals surface area contributed by atoms with Crippen LogP contribution in [-0.4, -0.2) is 0 Å². The van der Waals surface area contributed by atoms with Crippen LogP contribution in [0.15, 0.2) is 60.7 Å². The van der Waals surface area contributed by atoms with E-state index in [0.29, 0.717) is 10.8 Å². The van der Waals surface area contributed by atoms with E-state index in [0.717, 1.165) is 47.6 Å². The van der Waals surface area contributed by atoms with Crippen molar-refractivity contribution < 1.29 is 17.9 Å². The summed E-state index contributed by atoms with van der Waals surface area (Å²) in [6, 6.07) is 15.2. The molecule has 29 heavy (non-hydrogen) atoms. The molecule has 0 radical (unpaired) electrons. The van der Waals surface area contributed by atoms with E-state index in [9.17, 15) is 13.2 Å². The molecule has 1 aliphatic rings. The van der Waals surface area contributed by atoms with Gasteiger partial charge < -0.3 is 4.74 Å². The second-order valence-electron chi connectivity index (χ2n) is 6.99. The quantitative estimate of drug-likeness (QED) is 0.421. The van der Waals surface area contributed by atoms with Gasteiger partial charge in [-0.05, 0) is 78.4 Å². The largest absolute Gasteiger partial charge is 0.488 e. The first-order valence-electron chi connectivity index (χ1n) is 9.36. The van der Waals surface area contributed by atoms with E-state index in [1.807, 2.05) is 12.1 Å². The van der Waals surface area contributed by atoms with Crippen molar-refractivity contribution in [3.8, 4) is 5.75 Å². The van der Waals surface area contributed by atoms with Gasteiger partial charge in [-0.25, -0.2) is 13.2 Å². The summed E-state index contributed by atoms with van der Waals surface area (Å²) in [6.07, 6.45) is 2.59. The second kappa shape index (κ2) is 8.34. The molecule has 0 aliphatic heterocycles. The fourth-order valence-corrected chi connectivity index (χ4v) is 3.87. The Kier molecular flexibility index (Phi) is 5.63. The van der Waals surface area contributed by atoms with Crippen molar-refractivity contribution in [1.29, 1.82) is 0 Å². The Balaban J connectivity index is 1.70. The maximum absolute atomic E-state index is 14.0. The molecule has 1 aliphatic carbocycles. The lowest BCUT2D eigenvalue weighted by Crippen LogP contribution is -2.01. The molecule has 0 saturated heterocycles. The summed E-state index contributed by atoms with van der Waals surface area (Å²) < 4.78 is 46.7. The van der Waals surface area contributed by atoms with Crippen LogP contribution in [0.4, 0.5) is 13.2 Å². The molecular weight excluding hydrogens is 397 g/mol. The van der Waals surface area contributed by atoms with Crippen LogP contribution >= 0.6 is 11.6 Å². The third-order valence-electron chi connectivity index (χ3n) is 5.06. The van der Waals surface area contributed by atoms with Gasteiger partial charge in [0, 0.05) is 22.2 Å². The molecule has 0 spiro atoms. The molecule has 0 saturated carbocycles. The van der Waals surface area contributed by atoms with Gasteiger partial charge >= 0.3 is 0 Å². The lowest BCUT2D eigenvalue weighted by atomic mass is 9.96. The molecule has 0 N–H and O–H groups in total. The Labute approximate surface area is 172 Å². The zero-order chi connectivity index (χ0) is 20.4. The maximum atomic E-state index is 14.0. The van der Waals surface area contributed by atoms with Crippen LogP contribution in [0.25, 0.3) is 11.1 Å². The van der Waals surface area contributed by atoms with Gasteiger partial charge in [0.25, 0.3) is 0 Å². The van der Waals surface area contributed by atoms with Crippen molar-refractivity contribution in [3.63, 3.8) is 0 Å². The van der Waals surface area contributed by atoms with Crippen LogP contribution in [0.2, 0.25) is 5.02 Å². The Morgan fingerprint density at radius 3 is 2.41 bits per heavy atom. The molecule has 0 bridgehead atoms. The van der Waals surface area contributed by atoms with Crippen LogP contribution in [0.3, 0.4) is 0 Å². The highest BCUT2D eigenvalue weighted by Gasteiger charge is 2.21. The van der Waals surface area contributed by atoms with E-state index in [1.54, 1.807) is 18.2 Å². The summed E-state index contributed by atoms with van der Waals surface area (Å²) in [7, 11) is 0. The molecule has 148 valence electrons. The zero-order valence-electron chi connectivity index (χ0n) is 15.5. The summed E-state index contributed by atoms with van der Waals surface area (Å²) >= 11 is 6.23. The third kappa shape index (κ3) is 4.33.